The highest BCUT2D eigenvalue weighted by Crippen LogP contribution is 2.16. The molecule has 0 unspecified atom stereocenters. The molecule has 0 aliphatic carbocycles. The monoisotopic (exact) mass is 347 g/mol. The molecular weight excluding hydrogens is 322 g/mol. The number of benzene rings is 1. The Morgan fingerprint density at radius 3 is 2.48 bits per heavy atom. The second kappa shape index (κ2) is 8.00. The van der Waals surface area contributed by atoms with Gasteiger partial charge < -0.3 is 15.4 Å². The minimum atomic E-state index is -0.765. The van der Waals surface area contributed by atoms with Crippen LogP contribution in [0, 0.1) is 0 Å². The minimum Gasteiger partial charge on any atom is -0.444 e. The predicted octanol–water partition coefficient (Wildman–Crippen LogP) is 3.12. The quantitative estimate of drug-likeness (QED) is 0.860. The molecule has 0 bridgehead atoms. The maximum absolute atomic E-state index is 12.7. The van der Waals surface area contributed by atoms with Gasteiger partial charge in [0.2, 0.25) is 0 Å². The lowest BCUT2D eigenvalue weighted by molar-refractivity contribution is -0.129. The lowest BCUT2D eigenvalue weighted by atomic mass is 10.1. The van der Waals surface area contributed by atoms with E-state index in [4.69, 9.17) is 4.74 Å². The SMILES string of the molecule is CC(C)(C)OC(=O)N[C@H]1CCCCN(C(=O)Nc2ccccc2)C1=O. The summed E-state index contributed by atoms with van der Waals surface area (Å²) in [5.74, 6) is -0.420. The van der Waals surface area contributed by atoms with Crippen molar-refractivity contribution in [2.45, 2.75) is 51.7 Å². The van der Waals surface area contributed by atoms with Crippen LogP contribution in [0.5, 0.6) is 0 Å². The summed E-state index contributed by atoms with van der Waals surface area (Å²) in [7, 11) is 0. The largest absolute Gasteiger partial charge is 0.444 e. The molecule has 0 spiro atoms. The van der Waals surface area contributed by atoms with Crippen LogP contribution >= 0.6 is 0 Å². The summed E-state index contributed by atoms with van der Waals surface area (Å²) >= 11 is 0. The smallest absolute Gasteiger partial charge is 0.408 e. The molecule has 1 fully saturated rings. The number of anilines is 1. The zero-order valence-corrected chi connectivity index (χ0v) is 14.9. The van der Waals surface area contributed by atoms with Gasteiger partial charge >= 0.3 is 12.1 Å². The average Bonchev–Trinajstić information content (AvgIpc) is 2.69. The predicted molar refractivity (Wildman–Crippen MR) is 94.2 cm³/mol. The first-order valence-electron chi connectivity index (χ1n) is 8.43. The number of carbonyl (C=O) groups is 3. The molecule has 0 radical (unpaired) electrons. The summed E-state index contributed by atoms with van der Waals surface area (Å²) in [6, 6.07) is 7.67. The third kappa shape index (κ3) is 5.77. The Morgan fingerprint density at radius 1 is 1.16 bits per heavy atom. The van der Waals surface area contributed by atoms with E-state index in [0.717, 1.165) is 11.3 Å². The van der Waals surface area contributed by atoms with Crippen molar-refractivity contribution in [3.8, 4) is 0 Å². The number of para-hydroxylation sites is 1. The number of nitrogens with one attached hydrogen (secondary N) is 2. The highest BCUT2D eigenvalue weighted by molar-refractivity contribution is 6.03. The number of ether oxygens (including phenoxy) is 1. The van der Waals surface area contributed by atoms with Gasteiger partial charge in [-0.05, 0) is 52.2 Å². The first-order chi connectivity index (χ1) is 11.8. The minimum absolute atomic E-state index is 0.323. The molecule has 136 valence electrons. The van der Waals surface area contributed by atoms with Crippen LogP contribution in [0.15, 0.2) is 30.3 Å². The van der Waals surface area contributed by atoms with Crippen molar-refractivity contribution >= 4 is 23.7 Å². The van der Waals surface area contributed by atoms with Crippen molar-refractivity contribution in [3.63, 3.8) is 0 Å². The lowest BCUT2D eigenvalue weighted by Gasteiger charge is -2.25. The Hall–Kier alpha value is -2.57. The van der Waals surface area contributed by atoms with Crippen molar-refractivity contribution in [1.29, 1.82) is 0 Å². The van der Waals surface area contributed by atoms with Gasteiger partial charge in [-0.2, -0.15) is 0 Å². The summed E-state index contributed by atoms with van der Waals surface area (Å²) in [5.41, 5.74) is -0.0383. The molecule has 1 aliphatic rings. The fourth-order valence-corrected chi connectivity index (χ4v) is 2.54. The van der Waals surface area contributed by atoms with E-state index in [0.29, 0.717) is 25.1 Å². The van der Waals surface area contributed by atoms with E-state index in [-0.39, 0.29) is 0 Å². The van der Waals surface area contributed by atoms with Gasteiger partial charge in [-0.25, -0.2) is 9.59 Å². The average molecular weight is 347 g/mol. The Labute approximate surface area is 147 Å². The lowest BCUT2D eigenvalue weighted by Crippen LogP contribution is -2.51. The van der Waals surface area contributed by atoms with Crippen molar-refractivity contribution in [3.05, 3.63) is 30.3 Å². The fraction of sp³-hybridized carbons (Fsp3) is 0.500. The van der Waals surface area contributed by atoms with E-state index in [1.807, 2.05) is 6.07 Å². The van der Waals surface area contributed by atoms with Crippen molar-refractivity contribution < 1.29 is 19.1 Å². The molecule has 1 aromatic carbocycles. The number of carbonyl (C=O) groups excluding carboxylic acids is 3. The molecule has 7 nitrogen and oxygen atoms in total. The van der Waals surface area contributed by atoms with E-state index in [1.54, 1.807) is 45.0 Å². The third-order valence-electron chi connectivity index (χ3n) is 3.65. The molecule has 1 saturated heterocycles. The summed E-state index contributed by atoms with van der Waals surface area (Å²) < 4.78 is 5.20. The van der Waals surface area contributed by atoms with Crippen LogP contribution in [0.2, 0.25) is 0 Å². The summed E-state index contributed by atoms with van der Waals surface area (Å²) in [6.45, 7) is 5.58. The number of hydrogen-bond donors (Lipinski definition) is 2. The Balaban J connectivity index is 2.02. The van der Waals surface area contributed by atoms with Gasteiger partial charge in [0.1, 0.15) is 11.6 Å². The van der Waals surface area contributed by atoms with E-state index in [1.165, 1.54) is 0 Å². The molecule has 1 atom stereocenters. The van der Waals surface area contributed by atoms with Gasteiger partial charge in [0, 0.05) is 12.2 Å². The molecule has 1 aromatic rings. The zero-order valence-electron chi connectivity index (χ0n) is 14.9. The topological polar surface area (TPSA) is 87.7 Å². The summed E-state index contributed by atoms with van der Waals surface area (Å²) in [4.78, 5) is 38.2. The van der Waals surface area contributed by atoms with E-state index < -0.39 is 29.7 Å². The number of rotatable bonds is 2. The molecule has 2 rings (SSSR count). The van der Waals surface area contributed by atoms with Gasteiger partial charge in [0.25, 0.3) is 5.91 Å². The van der Waals surface area contributed by atoms with Crippen LogP contribution in [-0.4, -0.2) is 41.1 Å². The number of amides is 4. The fourth-order valence-electron chi connectivity index (χ4n) is 2.54. The van der Waals surface area contributed by atoms with E-state index >= 15 is 0 Å². The van der Waals surface area contributed by atoms with Gasteiger partial charge in [0.15, 0.2) is 0 Å². The molecule has 2 N–H and O–H groups in total. The third-order valence-corrected chi connectivity index (χ3v) is 3.65. The van der Waals surface area contributed by atoms with Gasteiger partial charge in [-0.3, -0.25) is 9.69 Å². The molecule has 1 aliphatic heterocycles. The van der Waals surface area contributed by atoms with Gasteiger partial charge in [0.05, 0.1) is 0 Å². The van der Waals surface area contributed by atoms with Crippen LogP contribution in [0.4, 0.5) is 15.3 Å². The Kier molecular flexibility index (Phi) is 6.01. The molecule has 7 heteroatoms. The summed E-state index contributed by atoms with van der Waals surface area (Å²) in [5, 5.41) is 5.29. The first-order valence-corrected chi connectivity index (χ1v) is 8.43. The molecule has 4 amide bonds. The summed E-state index contributed by atoms with van der Waals surface area (Å²) in [6.07, 6.45) is 1.26. The normalized spacial score (nSPS) is 18.3. The van der Waals surface area contributed by atoms with Gasteiger partial charge in [-0.15, -0.1) is 0 Å². The number of alkyl carbamates (subject to hydrolysis) is 1. The molecule has 0 saturated carbocycles. The van der Waals surface area contributed by atoms with E-state index in [9.17, 15) is 14.4 Å². The van der Waals surface area contributed by atoms with Crippen LogP contribution in [0.25, 0.3) is 0 Å². The van der Waals surface area contributed by atoms with Crippen LogP contribution in [0.3, 0.4) is 0 Å². The van der Waals surface area contributed by atoms with E-state index in [2.05, 4.69) is 10.6 Å². The number of urea groups is 1. The zero-order chi connectivity index (χ0) is 18.4. The highest BCUT2D eigenvalue weighted by Gasteiger charge is 2.33. The standard InChI is InChI=1S/C18H25N3O4/c1-18(2,3)25-17(24)20-14-11-7-8-12-21(15(14)22)16(23)19-13-9-5-4-6-10-13/h4-6,9-10,14H,7-8,11-12H2,1-3H3,(H,19,23)(H,20,24)/t14-/m0/s1. The van der Waals surface area contributed by atoms with Crippen molar-refractivity contribution in [2.24, 2.45) is 0 Å². The maximum atomic E-state index is 12.7. The second-order valence-electron chi connectivity index (χ2n) is 6.98. The van der Waals surface area contributed by atoms with Crippen molar-refractivity contribution in [2.75, 3.05) is 11.9 Å². The second-order valence-corrected chi connectivity index (χ2v) is 6.98. The molecular formula is C18H25N3O4. The molecule has 25 heavy (non-hydrogen) atoms. The molecule has 0 aromatic heterocycles. The van der Waals surface area contributed by atoms with Crippen LogP contribution < -0.4 is 10.6 Å². The van der Waals surface area contributed by atoms with Crippen LogP contribution in [-0.2, 0) is 9.53 Å². The molecule has 1 heterocycles. The van der Waals surface area contributed by atoms with Gasteiger partial charge in [-0.1, -0.05) is 18.2 Å². The van der Waals surface area contributed by atoms with Crippen LogP contribution in [0.1, 0.15) is 40.0 Å². The van der Waals surface area contributed by atoms with Crippen molar-refractivity contribution in [1.82, 2.24) is 10.2 Å². The Morgan fingerprint density at radius 2 is 1.84 bits per heavy atom. The first kappa shape index (κ1) is 18.8. The maximum Gasteiger partial charge on any atom is 0.408 e. The number of nitrogens with zero attached hydrogens (tertiary/aromatic N) is 1. The highest BCUT2D eigenvalue weighted by atomic mass is 16.6. The number of hydrogen-bond acceptors (Lipinski definition) is 4. The Bertz CT molecular complexity index is 625. The number of likely N-dealkylation sites (tertiary alicyclic amines) is 1. The number of imide groups is 1.